The van der Waals surface area contributed by atoms with Crippen molar-refractivity contribution in [2.75, 3.05) is 18.5 Å². The highest BCUT2D eigenvalue weighted by molar-refractivity contribution is 5.41. The van der Waals surface area contributed by atoms with Crippen molar-refractivity contribution in [2.24, 2.45) is 0 Å². The molecule has 1 aromatic heterocycles. The van der Waals surface area contributed by atoms with Gasteiger partial charge in [-0.2, -0.15) is 4.98 Å². The number of benzene rings is 1. The second kappa shape index (κ2) is 6.75. The average molecular weight is 273 g/mol. The van der Waals surface area contributed by atoms with E-state index in [9.17, 15) is 0 Å². The van der Waals surface area contributed by atoms with Gasteiger partial charge < -0.3 is 14.8 Å². The molecular weight excluding hydrogens is 254 g/mol. The molecular formula is C15H19N3O2. The van der Waals surface area contributed by atoms with Crippen LogP contribution in [0.1, 0.15) is 19.7 Å². The molecule has 5 nitrogen and oxygen atoms in total. The van der Waals surface area contributed by atoms with Crippen molar-refractivity contribution in [1.82, 2.24) is 9.97 Å². The van der Waals surface area contributed by atoms with E-state index in [1.165, 1.54) is 0 Å². The summed E-state index contributed by atoms with van der Waals surface area (Å²) in [5.41, 5.74) is 0. The van der Waals surface area contributed by atoms with Gasteiger partial charge in [0, 0.05) is 18.7 Å². The number of anilines is 1. The lowest BCUT2D eigenvalue weighted by molar-refractivity contribution is 0.338. The van der Waals surface area contributed by atoms with E-state index >= 15 is 0 Å². The van der Waals surface area contributed by atoms with Crippen LogP contribution in [0.2, 0.25) is 0 Å². The summed E-state index contributed by atoms with van der Waals surface area (Å²) in [6.45, 7) is 7.23. The summed E-state index contributed by atoms with van der Waals surface area (Å²) in [7, 11) is 0. The molecule has 0 fully saturated rings. The Morgan fingerprint density at radius 2 is 1.90 bits per heavy atom. The molecule has 0 radical (unpaired) electrons. The zero-order valence-electron chi connectivity index (χ0n) is 12.0. The summed E-state index contributed by atoms with van der Waals surface area (Å²) >= 11 is 0. The number of nitrogens with one attached hydrogen (secondary N) is 1. The molecule has 1 heterocycles. The summed E-state index contributed by atoms with van der Waals surface area (Å²) in [5.74, 6) is 3.41. The Morgan fingerprint density at radius 1 is 1.10 bits per heavy atom. The first-order valence-corrected chi connectivity index (χ1v) is 6.71. The van der Waals surface area contributed by atoms with Crippen molar-refractivity contribution < 1.29 is 9.47 Å². The number of hydrogen-bond donors (Lipinski definition) is 1. The van der Waals surface area contributed by atoms with Crippen LogP contribution in [0.4, 0.5) is 5.82 Å². The SMILES string of the molecule is CCNc1cc(Oc2cccc(OCC)c2)nc(C)n1. The molecule has 0 aliphatic carbocycles. The van der Waals surface area contributed by atoms with Crippen molar-refractivity contribution in [1.29, 1.82) is 0 Å². The first-order chi connectivity index (χ1) is 9.71. The summed E-state index contributed by atoms with van der Waals surface area (Å²) in [5, 5.41) is 3.15. The van der Waals surface area contributed by atoms with E-state index in [-0.39, 0.29) is 0 Å². The average Bonchev–Trinajstić information content (AvgIpc) is 2.39. The van der Waals surface area contributed by atoms with Crippen LogP contribution in [0.3, 0.4) is 0 Å². The first kappa shape index (κ1) is 14.1. The molecule has 0 aliphatic rings. The summed E-state index contributed by atoms with van der Waals surface area (Å²) < 4.78 is 11.2. The molecule has 20 heavy (non-hydrogen) atoms. The zero-order valence-corrected chi connectivity index (χ0v) is 12.0. The van der Waals surface area contributed by atoms with Crippen molar-refractivity contribution in [3.8, 4) is 17.4 Å². The Balaban J connectivity index is 2.18. The molecule has 0 unspecified atom stereocenters. The predicted octanol–water partition coefficient (Wildman–Crippen LogP) is 3.41. The quantitative estimate of drug-likeness (QED) is 0.874. The van der Waals surface area contributed by atoms with Gasteiger partial charge >= 0.3 is 0 Å². The standard InChI is InChI=1S/C15H19N3O2/c1-4-16-14-10-15(18-11(3)17-14)20-13-8-6-7-12(9-13)19-5-2/h6-10H,4-5H2,1-3H3,(H,16,17,18). The van der Waals surface area contributed by atoms with E-state index in [0.717, 1.165) is 18.1 Å². The predicted molar refractivity (Wildman–Crippen MR) is 78.6 cm³/mol. The van der Waals surface area contributed by atoms with Crippen LogP contribution < -0.4 is 14.8 Å². The van der Waals surface area contributed by atoms with Crippen molar-refractivity contribution in [3.63, 3.8) is 0 Å². The van der Waals surface area contributed by atoms with E-state index in [1.54, 1.807) is 6.07 Å². The van der Waals surface area contributed by atoms with Gasteiger partial charge in [-0.05, 0) is 32.9 Å². The fourth-order valence-corrected chi connectivity index (χ4v) is 1.78. The number of ether oxygens (including phenoxy) is 2. The van der Waals surface area contributed by atoms with Gasteiger partial charge in [-0.3, -0.25) is 0 Å². The van der Waals surface area contributed by atoms with E-state index in [0.29, 0.717) is 24.1 Å². The third-order valence-electron chi connectivity index (χ3n) is 2.51. The highest BCUT2D eigenvalue weighted by Crippen LogP contribution is 2.25. The molecule has 0 bridgehead atoms. The molecule has 1 aromatic carbocycles. The van der Waals surface area contributed by atoms with Gasteiger partial charge in [-0.15, -0.1) is 0 Å². The van der Waals surface area contributed by atoms with E-state index in [1.807, 2.05) is 45.0 Å². The van der Waals surface area contributed by atoms with E-state index in [2.05, 4.69) is 15.3 Å². The maximum atomic E-state index is 5.76. The van der Waals surface area contributed by atoms with Gasteiger partial charge in [0.05, 0.1) is 6.61 Å². The Labute approximate surface area is 119 Å². The zero-order chi connectivity index (χ0) is 14.4. The fourth-order valence-electron chi connectivity index (χ4n) is 1.78. The van der Waals surface area contributed by atoms with Gasteiger partial charge in [0.15, 0.2) is 0 Å². The molecule has 1 N–H and O–H groups in total. The number of aryl methyl sites for hydroxylation is 1. The second-order valence-corrected chi connectivity index (χ2v) is 4.18. The number of rotatable bonds is 6. The van der Waals surface area contributed by atoms with Gasteiger partial charge in [-0.25, -0.2) is 4.98 Å². The van der Waals surface area contributed by atoms with Crippen LogP contribution in [-0.2, 0) is 0 Å². The van der Waals surface area contributed by atoms with Gasteiger partial charge in [-0.1, -0.05) is 6.07 Å². The number of nitrogens with zero attached hydrogens (tertiary/aromatic N) is 2. The second-order valence-electron chi connectivity index (χ2n) is 4.18. The van der Waals surface area contributed by atoms with Gasteiger partial charge in [0.25, 0.3) is 0 Å². The summed E-state index contributed by atoms with van der Waals surface area (Å²) in [6.07, 6.45) is 0. The molecule has 106 valence electrons. The van der Waals surface area contributed by atoms with Crippen LogP contribution in [-0.4, -0.2) is 23.1 Å². The Bertz CT molecular complexity index is 573. The maximum Gasteiger partial charge on any atom is 0.224 e. The highest BCUT2D eigenvalue weighted by atomic mass is 16.5. The molecule has 0 amide bonds. The summed E-state index contributed by atoms with van der Waals surface area (Å²) in [6, 6.07) is 9.27. The molecule has 5 heteroatoms. The minimum absolute atomic E-state index is 0.516. The van der Waals surface area contributed by atoms with Crippen LogP contribution in [0.5, 0.6) is 17.4 Å². The van der Waals surface area contributed by atoms with E-state index < -0.39 is 0 Å². The van der Waals surface area contributed by atoms with Gasteiger partial charge in [0.2, 0.25) is 5.88 Å². The van der Waals surface area contributed by atoms with Crippen LogP contribution in [0, 0.1) is 6.92 Å². The lowest BCUT2D eigenvalue weighted by atomic mass is 10.3. The molecule has 0 spiro atoms. The number of hydrogen-bond acceptors (Lipinski definition) is 5. The lowest BCUT2D eigenvalue weighted by Gasteiger charge is -2.09. The van der Waals surface area contributed by atoms with Gasteiger partial charge in [0.1, 0.15) is 23.1 Å². The molecule has 0 saturated heterocycles. The lowest BCUT2D eigenvalue weighted by Crippen LogP contribution is -2.02. The largest absolute Gasteiger partial charge is 0.494 e. The highest BCUT2D eigenvalue weighted by Gasteiger charge is 2.04. The van der Waals surface area contributed by atoms with Crippen LogP contribution >= 0.6 is 0 Å². The van der Waals surface area contributed by atoms with Crippen molar-refractivity contribution >= 4 is 5.82 Å². The Hall–Kier alpha value is -2.30. The van der Waals surface area contributed by atoms with Crippen molar-refractivity contribution in [2.45, 2.75) is 20.8 Å². The Kier molecular flexibility index (Phi) is 4.76. The smallest absolute Gasteiger partial charge is 0.224 e. The Morgan fingerprint density at radius 3 is 2.65 bits per heavy atom. The molecule has 2 rings (SSSR count). The minimum atomic E-state index is 0.516. The first-order valence-electron chi connectivity index (χ1n) is 6.71. The normalized spacial score (nSPS) is 10.2. The maximum absolute atomic E-state index is 5.76. The molecule has 0 saturated carbocycles. The van der Waals surface area contributed by atoms with E-state index in [4.69, 9.17) is 9.47 Å². The molecule has 0 aliphatic heterocycles. The summed E-state index contributed by atoms with van der Waals surface area (Å²) in [4.78, 5) is 8.56. The third-order valence-corrected chi connectivity index (χ3v) is 2.51. The minimum Gasteiger partial charge on any atom is -0.494 e. The van der Waals surface area contributed by atoms with Crippen LogP contribution in [0.25, 0.3) is 0 Å². The van der Waals surface area contributed by atoms with Crippen molar-refractivity contribution in [3.05, 3.63) is 36.2 Å². The van der Waals surface area contributed by atoms with Crippen LogP contribution in [0.15, 0.2) is 30.3 Å². The number of aromatic nitrogens is 2. The topological polar surface area (TPSA) is 56.3 Å². The third kappa shape index (κ3) is 3.85. The monoisotopic (exact) mass is 273 g/mol. The molecule has 2 aromatic rings. The molecule has 0 atom stereocenters. The fraction of sp³-hybridized carbons (Fsp3) is 0.333.